The third-order valence-electron chi connectivity index (χ3n) is 3.51. The van der Waals surface area contributed by atoms with Gasteiger partial charge in [-0.3, -0.25) is 0 Å². The Hall–Kier alpha value is -1.74. The lowest BCUT2D eigenvalue weighted by Crippen LogP contribution is -2.09. The molecule has 1 atom stereocenters. The Morgan fingerprint density at radius 1 is 1.25 bits per heavy atom. The van der Waals surface area contributed by atoms with Crippen LogP contribution < -0.4 is 5.32 Å². The van der Waals surface area contributed by atoms with Crippen molar-refractivity contribution < 1.29 is 9.15 Å². The number of aryl methyl sites for hydroxylation is 2. The van der Waals surface area contributed by atoms with Crippen molar-refractivity contribution in [1.82, 2.24) is 0 Å². The maximum atomic E-state index is 5.61. The van der Waals surface area contributed by atoms with Gasteiger partial charge in [0.1, 0.15) is 11.5 Å². The molecule has 1 unspecified atom stereocenters. The first-order chi connectivity index (χ1) is 9.61. The topological polar surface area (TPSA) is 34.4 Å². The van der Waals surface area contributed by atoms with Crippen LogP contribution in [-0.2, 0) is 11.2 Å². The second-order valence-electron chi connectivity index (χ2n) is 5.13. The van der Waals surface area contributed by atoms with Crippen molar-refractivity contribution in [3.05, 3.63) is 53.0 Å². The highest BCUT2D eigenvalue weighted by atomic mass is 16.5. The predicted octanol–water partition coefficient (Wildman–Crippen LogP) is 4.26. The highest BCUT2D eigenvalue weighted by Crippen LogP contribution is 2.26. The van der Waals surface area contributed by atoms with Gasteiger partial charge in [0, 0.05) is 18.4 Å². The number of ether oxygens (including phenoxy) is 1. The van der Waals surface area contributed by atoms with Gasteiger partial charge in [0.2, 0.25) is 0 Å². The molecule has 108 valence electrons. The SMILES string of the molecule is COCCc1ccccc1NC(C)c1cc(C)oc1C. The van der Waals surface area contributed by atoms with E-state index in [9.17, 15) is 0 Å². The Morgan fingerprint density at radius 2 is 2.00 bits per heavy atom. The minimum absolute atomic E-state index is 0.219. The molecule has 0 saturated carbocycles. The summed E-state index contributed by atoms with van der Waals surface area (Å²) < 4.78 is 10.8. The number of rotatable bonds is 6. The number of furan rings is 1. The van der Waals surface area contributed by atoms with E-state index in [4.69, 9.17) is 9.15 Å². The minimum Gasteiger partial charge on any atom is -0.466 e. The Kier molecular flexibility index (Phi) is 4.85. The van der Waals surface area contributed by atoms with Crippen molar-refractivity contribution in [1.29, 1.82) is 0 Å². The first-order valence-electron chi connectivity index (χ1n) is 7.02. The summed E-state index contributed by atoms with van der Waals surface area (Å²) >= 11 is 0. The molecule has 0 radical (unpaired) electrons. The van der Waals surface area contributed by atoms with Crippen LogP contribution >= 0.6 is 0 Å². The molecular weight excluding hydrogens is 250 g/mol. The lowest BCUT2D eigenvalue weighted by molar-refractivity contribution is 0.202. The van der Waals surface area contributed by atoms with E-state index in [1.54, 1.807) is 7.11 Å². The second-order valence-corrected chi connectivity index (χ2v) is 5.13. The van der Waals surface area contributed by atoms with Crippen molar-refractivity contribution in [2.45, 2.75) is 33.2 Å². The molecule has 1 aromatic heterocycles. The summed E-state index contributed by atoms with van der Waals surface area (Å²) in [5.41, 5.74) is 3.65. The van der Waals surface area contributed by atoms with Crippen LogP contribution in [0.25, 0.3) is 0 Å². The van der Waals surface area contributed by atoms with E-state index in [0.717, 1.165) is 30.2 Å². The third-order valence-corrected chi connectivity index (χ3v) is 3.51. The van der Waals surface area contributed by atoms with Gasteiger partial charge in [-0.15, -0.1) is 0 Å². The zero-order valence-electron chi connectivity index (χ0n) is 12.7. The summed E-state index contributed by atoms with van der Waals surface area (Å²) in [6, 6.07) is 10.7. The third kappa shape index (κ3) is 3.42. The first kappa shape index (κ1) is 14.7. The monoisotopic (exact) mass is 273 g/mol. The molecule has 0 aliphatic rings. The molecule has 0 aliphatic carbocycles. The summed E-state index contributed by atoms with van der Waals surface area (Å²) in [7, 11) is 1.73. The molecule has 0 fully saturated rings. The number of hydrogen-bond donors (Lipinski definition) is 1. The van der Waals surface area contributed by atoms with Gasteiger partial charge in [-0.2, -0.15) is 0 Å². The molecule has 0 spiro atoms. The fraction of sp³-hybridized carbons (Fsp3) is 0.412. The van der Waals surface area contributed by atoms with Gasteiger partial charge in [0.15, 0.2) is 0 Å². The van der Waals surface area contributed by atoms with Gasteiger partial charge < -0.3 is 14.5 Å². The van der Waals surface area contributed by atoms with Crippen molar-refractivity contribution in [2.24, 2.45) is 0 Å². The summed E-state index contributed by atoms with van der Waals surface area (Å²) in [5, 5.41) is 3.57. The number of anilines is 1. The first-order valence-corrected chi connectivity index (χ1v) is 7.02. The van der Waals surface area contributed by atoms with E-state index in [0.29, 0.717) is 0 Å². The normalized spacial score (nSPS) is 12.4. The molecular formula is C17H23NO2. The van der Waals surface area contributed by atoms with Crippen LogP contribution in [0.2, 0.25) is 0 Å². The quantitative estimate of drug-likeness (QED) is 0.854. The van der Waals surface area contributed by atoms with Gasteiger partial charge in [0.05, 0.1) is 12.6 Å². The van der Waals surface area contributed by atoms with E-state index in [1.807, 2.05) is 13.8 Å². The average Bonchev–Trinajstić information content (AvgIpc) is 2.77. The zero-order chi connectivity index (χ0) is 14.5. The number of methoxy groups -OCH3 is 1. The lowest BCUT2D eigenvalue weighted by Gasteiger charge is -2.17. The molecule has 3 heteroatoms. The van der Waals surface area contributed by atoms with Crippen LogP contribution in [0, 0.1) is 13.8 Å². The van der Waals surface area contributed by atoms with Crippen molar-refractivity contribution in [2.75, 3.05) is 19.0 Å². The van der Waals surface area contributed by atoms with E-state index in [2.05, 4.69) is 42.6 Å². The molecule has 1 aromatic carbocycles. The Bertz CT molecular complexity index is 560. The number of hydrogen-bond acceptors (Lipinski definition) is 3. The molecule has 20 heavy (non-hydrogen) atoms. The summed E-state index contributed by atoms with van der Waals surface area (Å²) in [5.74, 6) is 1.94. The summed E-state index contributed by atoms with van der Waals surface area (Å²) in [6.45, 7) is 6.88. The molecule has 2 aromatic rings. The van der Waals surface area contributed by atoms with Gasteiger partial charge >= 0.3 is 0 Å². The fourth-order valence-electron chi connectivity index (χ4n) is 2.48. The van der Waals surface area contributed by atoms with Gasteiger partial charge in [0.25, 0.3) is 0 Å². The molecule has 0 bridgehead atoms. The largest absolute Gasteiger partial charge is 0.466 e. The lowest BCUT2D eigenvalue weighted by atomic mass is 10.1. The molecule has 1 N–H and O–H groups in total. The predicted molar refractivity (Wildman–Crippen MR) is 82.2 cm³/mol. The molecule has 0 aliphatic heterocycles. The maximum Gasteiger partial charge on any atom is 0.106 e. The fourth-order valence-corrected chi connectivity index (χ4v) is 2.48. The molecule has 0 saturated heterocycles. The van der Waals surface area contributed by atoms with Crippen molar-refractivity contribution in [3.63, 3.8) is 0 Å². The number of benzene rings is 1. The Balaban J connectivity index is 2.15. The van der Waals surface area contributed by atoms with Crippen LogP contribution in [0.4, 0.5) is 5.69 Å². The van der Waals surface area contributed by atoms with E-state index in [1.165, 1.54) is 11.1 Å². The van der Waals surface area contributed by atoms with Crippen molar-refractivity contribution in [3.8, 4) is 0 Å². The molecule has 2 rings (SSSR count). The Labute approximate surface area is 121 Å². The standard InChI is InChI=1S/C17H23NO2/c1-12-11-16(14(3)20-12)13(2)18-17-8-6-5-7-15(17)9-10-19-4/h5-8,11,13,18H,9-10H2,1-4H3. The Morgan fingerprint density at radius 3 is 2.65 bits per heavy atom. The van der Waals surface area contributed by atoms with Gasteiger partial charge in [-0.05, 0) is 44.9 Å². The van der Waals surface area contributed by atoms with Gasteiger partial charge in [-0.1, -0.05) is 18.2 Å². The number of nitrogens with one attached hydrogen (secondary N) is 1. The van der Waals surface area contributed by atoms with E-state index in [-0.39, 0.29) is 6.04 Å². The molecule has 1 heterocycles. The second kappa shape index (κ2) is 6.62. The minimum atomic E-state index is 0.219. The van der Waals surface area contributed by atoms with Crippen LogP contribution in [-0.4, -0.2) is 13.7 Å². The van der Waals surface area contributed by atoms with Crippen LogP contribution in [0.15, 0.2) is 34.7 Å². The van der Waals surface area contributed by atoms with Crippen molar-refractivity contribution >= 4 is 5.69 Å². The zero-order valence-corrected chi connectivity index (χ0v) is 12.7. The van der Waals surface area contributed by atoms with Crippen LogP contribution in [0.5, 0.6) is 0 Å². The van der Waals surface area contributed by atoms with Crippen LogP contribution in [0.1, 0.15) is 35.6 Å². The summed E-state index contributed by atoms with van der Waals surface area (Å²) in [6.07, 6.45) is 0.912. The average molecular weight is 273 g/mol. The smallest absolute Gasteiger partial charge is 0.106 e. The maximum absolute atomic E-state index is 5.61. The van der Waals surface area contributed by atoms with E-state index >= 15 is 0 Å². The molecule has 0 amide bonds. The highest BCUT2D eigenvalue weighted by Gasteiger charge is 2.13. The number of para-hydroxylation sites is 1. The van der Waals surface area contributed by atoms with Gasteiger partial charge in [-0.25, -0.2) is 0 Å². The highest BCUT2D eigenvalue weighted by molar-refractivity contribution is 5.53. The van der Waals surface area contributed by atoms with Crippen LogP contribution in [0.3, 0.4) is 0 Å². The van der Waals surface area contributed by atoms with E-state index < -0.39 is 0 Å². The summed E-state index contributed by atoms with van der Waals surface area (Å²) in [4.78, 5) is 0. The molecule has 3 nitrogen and oxygen atoms in total.